The number of hydrogen-bond donors (Lipinski definition) is 0. The van der Waals surface area contributed by atoms with Crippen molar-refractivity contribution in [2.75, 3.05) is 20.2 Å². The van der Waals surface area contributed by atoms with Gasteiger partial charge in [-0.2, -0.15) is 4.99 Å². The Bertz CT molecular complexity index is 924. The Balaban J connectivity index is 1.36. The number of imide groups is 1. The lowest BCUT2D eigenvalue weighted by Gasteiger charge is -2.38. The Morgan fingerprint density at radius 2 is 2.07 bits per heavy atom. The van der Waals surface area contributed by atoms with Crippen LogP contribution in [0.1, 0.15) is 18.4 Å². The second kappa shape index (κ2) is 8.20. The molecular weight excluding hydrogens is 414 g/mol. The summed E-state index contributed by atoms with van der Waals surface area (Å²) in [6.07, 6.45) is 3.08. The smallest absolute Gasteiger partial charge is 0.350 e. The van der Waals surface area contributed by atoms with Crippen LogP contribution in [-0.2, 0) is 16.0 Å². The standard InChI is InChI=1S/C20H20ClN3O4S/c1-28-16-3-2-12(10-14(16)21)11-17(25)23-7-4-13(5-8-23)24-19(26)18-15(6-9-29-18)22-20(24)27/h2-3,6,9-10,13,18H,4-5,7-8,11H2,1H3. The van der Waals surface area contributed by atoms with Gasteiger partial charge in [-0.1, -0.05) is 17.7 Å². The molecule has 152 valence electrons. The number of likely N-dealkylation sites (tertiary alicyclic amines) is 1. The maximum Gasteiger partial charge on any atom is 0.350 e. The van der Waals surface area contributed by atoms with E-state index in [1.807, 2.05) is 6.07 Å². The van der Waals surface area contributed by atoms with Crippen LogP contribution < -0.4 is 4.74 Å². The number of piperidine rings is 1. The number of aliphatic imine (C=N–C) groups is 1. The van der Waals surface area contributed by atoms with Gasteiger partial charge in [0.2, 0.25) is 5.91 Å². The number of nitrogens with zero attached hydrogens (tertiary/aromatic N) is 3. The summed E-state index contributed by atoms with van der Waals surface area (Å²) in [4.78, 5) is 44.9. The number of thioether (sulfide) groups is 1. The predicted octanol–water partition coefficient (Wildman–Crippen LogP) is 2.91. The molecule has 0 bridgehead atoms. The molecule has 3 aliphatic heterocycles. The molecule has 3 aliphatic rings. The lowest BCUT2D eigenvalue weighted by atomic mass is 10.0. The molecule has 1 atom stereocenters. The number of fused-ring (bicyclic) bond motifs is 1. The van der Waals surface area contributed by atoms with E-state index in [4.69, 9.17) is 16.3 Å². The van der Waals surface area contributed by atoms with E-state index < -0.39 is 11.3 Å². The number of ether oxygens (including phenoxy) is 1. The normalized spacial score (nSPS) is 22.0. The highest BCUT2D eigenvalue weighted by Crippen LogP contribution is 2.31. The summed E-state index contributed by atoms with van der Waals surface area (Å²) in [6.45, 7) is 0.994. The van der Waals surface area contributed by atoms with Crippen LogP contribution in [0.3, 0.4) is 0 Å². The van der Waals surface area contributed by atoms with Gasteiger partial charge in [-0.3, -0.25) is 14.5 Å². The number of methoxy groups -OCH3 is 1. The van der Waals surface area contributed by atoms with Gasteiger partial charge >= 0.3 is 6.03 Å². The molecule has 3 heterocycles. The molecule has 0 saturated carbocycles. The summed E-state index contributed by atoms with van der Waals surface area (Å²) in [5.74, 6) is 0.366. The molecule has 1 saturated heterocycles. The van der Waals surface area contributed by atoms with E-state index in [0.29, 0.717) is 42.4 Å². The lowest BCUT2D eigenvalue weighted by molar-refractivity contribution is -0.133. The SMILES string of the molecule is COc1ccc(CC(=O)N2CCC(N3C(=O)N=C4C=CSC4C3=O)CC2)cc1Cl. The monoisotopic (exact) mass is 433 g/mol. The van der Waals surface area contributed by atoms with Crippen molar-refractivity contribution in [1.82, 2.24) is 9.80 Å². The number of halogens is 1. The molecule has 1 aromatic carbocycles. The van der Waals surface area contributed by atoms with Gasteiger partial charge in [-0.25, -0.2) is 4.79 Å². The molecule has 0 spiro atoms. The molecule has 0 aliphatic carbocycles. The van der Waals surface area contributed by atoms with Gasteiger partial charge in [0, 0.05) is 19.1 Å². The second-order valence-corrected chi connectivity index (χ2v) is 8.53. The minimum atomic E-state index is -0.494. The Kier molecular flexibility index (Phi) is 5.65. The largest absolute Gasteiger partial charge is 0.495 e. The molecule has 0 radical (unpaired) electrons. The zero-order valence-electron chi connectivity index (χ0n) is 15.8. The molecule has 0 aromatic heterocycles. The molecule has 9 heteroatoms. The van der Waals surface area contributed by atoms with Crippen molar-refractivity contribution in [3.8, 4) is 5.75 Å². The number of urea groups is 1. The topological polar surface area (TPSA) is 79.3 Å². The number of amides is 4. The number of rotatable bonds is 4. The average molecular weight is 434 g/mol. The summed E-state index contributed by atoms with van der Waals surface area (Å²) >= 11 is 7.51. The van der Waals surface area contributed by atoms with E-state index in [0.717, 1.165) is 5.56 Å². The fraction of sp³-hybridized carbons (Fsp3) is 0.400. The molecule has 4 rings (SSSR count). The van der Waals surface area contributed by atoms with Crippen molar-refractivity contribution < 1.29 is 19.1 Å². The molecule has 0 N–H and O–H groups in total. The van der Waals surface area contributed by atoms with Crippen LogP contribution in [-0.4, -0.2) is 64.8 Å². The van der Waals surface area contributed by atoms with E-state index in [2.05, 4.69) is 4.99 Å². The maximum absolute atomic E-state index is 12.7. The Labute approximate surface area is 177 Å². The van der Waals surface area contributed by atoms with Crippen molar-refractivity contribution in [1.29, 1.82) is 0 Å². The fourth-order valence-electron chi connectivity index (χ4n) is 3.83. The minimum Gasteiger partial charge on any atom is -0.495 e. The quantitative estimate of drug-likeness (QED) is 0.729. The molecule has 1 unspecified atom stereocenters. The number of allylic oxidation sites excluding steroid dienone is 1. The molecule has 1 fully saturated rings. The first-order valence-corrected chi connectivity index (χ1v) is 10.7. The molecule has 4 amide bonds. The molecule has 1 aromatic rings. The van der Waals surface area contributed by atoms with Gasteiger partial charge < -0.3 is 9.64 Å². The van der Waals surface area contributed by atoms with Crippen molar-refractivity contribution in [2.45, 2.75) is 30.6 Å². The summed E-state index contributed by atoms with van der Waals surface area (Å²) in [5.41, 5.74) is 1.35. The van der Waals surface area contributed by atoms with E-state index in [1.165, 1.54) is 16.7 Å². The molecule has 7 nitrogen and oxygen atoms in total. The van der Waals surface area contributed by atoms with E-state index in [-0.39, 0.29) is 24.3 Å². The summed E-state index contributed by atoms with van der Waals surface area (Å²) < 4.78 is 5.13. The number of benzene rings is 1. The van der Waals surface area contributed by atoms with E-state index in [1.54, 1.807) is 35.6 Å². The number of carbonyl (C=O) groups excluding carboxylic acids is 3. The minimum absolute atomic E-state index is 0.00293. The van der Waals surface area contributed by atoms with Crippen LogP contribution >= 0.6 is 23.4 Å². The first-order chi connectivity index (χ1) is 14.0. The van der Waals surface area contributed by atoms with Crippen LogP contribution in [0, 0.1) is 0 Å². The van der Waals surface area contributed by atoms with Crippen molar-refractivity contribution in [3.63, 3.8) is 0 Å². The lowest BCUT2D eigenvalue weighted by Crippen LogP contribution is -2.55. The third-order valence-electron chi connectivity index (χ3n) is 5.37. The van der Waals surface area contributed by atoms with Crippen LogP contribution in [0.4, 0.5) is 4.79 Å². The first kappa shape index (κ1) is 20.0. The third kappa shape index (κ3) is 3.91. The van der Waals surface area contributed by atoms with Gasteiger partial charge in [0.15, 0.2) is 0 Å². The highest BCUT2D eigenvalue weighted by Gasteiger charge is 2.42. The molecular formula is C20H20ClN3O4S. The van der Waals surface area contributed by atoms with Gasteiger partial charge in [-0.15, -0.1) is 11.8 Å². The van der Waals surface area contributed by atoms with Gasteiger partial charge in [-0.05, 0) is 42.0 Å². The van der Waals surface area contributed by atoms with E-state index >= 15 is 0 Å². The predicted molar refractivity (Wildman–Crippen MR) is 112 cm³/mol. The highest BCUT2D eigenvalue weighted by molar-refractivity contribution is 8.04. The second-order valence-electron chi connectivity index (χ2n) is 7.10. The van der Waals surface area contributed by atoms with Crippen LogP contribution in [0.25, 0.3) is 0 Å². The van der Waals surface area contributed by atoms with Crippen molar-refractivity contribution >= 4 is 46.9 Å². The average Bonchev–Trinajstić information content (AvgIpc) is 3.17. The van der Waals surface area contributed by atoms with Crippen LogP contribution in [0.15, 0.2) is 34.7 Å². The zero-order chi connectivity index (χ0) is 20.5. The van der Waals surface area contributed by atoms with Gasteiger partial charge in [0.1, 0.15) is 11.0 Å². The number of carbonyl (C=O) groups is 3. The summed E-state index contributed by atoms with van der Waals surface area (Å²) in [7, 11) is 1.54. The van der Waals surface area contributed by atoms with Crippen molar-refractivity contribution in [3.05, 3.63) is 40.3 Å². The number of hydrogen-bond acceptors (Lipinski definition) is 5. The van der Waals surface area contributed by atoms with Gasteiger partial charge in [0.25, 0.3) is 5.91 Å². The van der Waals surface area contributed by atoms with Crippen LogP contribution in [0.5, 0.6) is 5.75 Å². The summed E-state index contributed by atoms with van der Waals surface area (Å²) in [5, 5.41) is 1.86. The van der Waals surface area contributed by atoms with E-state index in [9.17, 15) is 14.4 Å². The first-order valence-electron chi connectivity index (χ1n) is 9.35. The Hall–Kier alpha value is -2.32. The van der Waals surface area contributed by atoms with Crippen molar-refractivity contribution in [2.24, 2.45) is 4.99 Å². The highest BCUT2D eigenvalue weighted by atomic mass is 35.5. The third-order valence-corrected chi connectivity index (χ3v) is 6.67. The molecule has 29 heavy (non-hydrogen) atoms. The maximum atomic E-state index is 12.7. The summed E-state index contributed by atoms with van der Waals surface area (Å²) in [6, 6.07) is 4.59. The Morgan fingerprint density at radius 1 is 1.31 bits per heavy atom. The Morgan fingerprint density at radius 3 is 2.76 bits per heavy atom. The zero-order valence-corrected chi connectivity index (χ0v) is 17.4. The fourth-order valence-corrected chi connectivity index (χ4v) is 4.98. The van der Waals surface area contributed by atoms with Crippen LogP contribution in [0.2, 0.25) is 5.02 Å². The van der Waals surface area contributed by atoms with Gasteiger partial charge in [0.05, 0.1) is 24.3 Å².